The van der Waals surface area contributed by atoms with E-state index < -0.39 is 5.60 Å². The molecule has 2 rings (SSSR count). The van der Waals surface area contributed by atoms with Gasteiger partial charge in [-0.05, 0) is 38.9 Å². The highest BCUT2D eigenvalue weighted by molar-refractivity contribution is 5.60. The van der Waals surface area contributed by atoms with Crippen molar-refractivity contribution >= 4 is 5.69 Å². The molecule has 0 bridgehead atoms. The number of rotatable bonds is 6. The molecular weight excluding hydrogens is 264 g/mol. The van der Waals surface area contributed by atoms with E-state index in [-0.39, 0.29) is 6.04 Å². The summed E-state index contributed by atoms with van der Waals surface area (Å²) >= 11 is 0. The summed E-state index contributed by atoms with van der Waals surface area (Å²) in [5, 5.41) is 13.9. The second kappa shape index (κ2) is 6.67. The van der Waals surface area contributed by atoms with E-state index in [2.05, 4.69) is 30.3 Å². The third-order valence-electron chi connectivity index (χ3n) is 4.61. The number of nitrogens with zero attached hydrogens (tertiary/aromatic N) is 1. The number of aliphatic hydroxyl groups is 1. The number of methoxy groups -OCH3 is 1. The van der Waals surface area contributed by atoms with Gasteiger partial charge >= 0.3 is 0 Å². The predicted octanol–water partition coefficient (Wildman–Crippen LogP) is 2.72. The highest BCUT2D eigenvalue weighted by Gasteiger charge is 2.33. The van der Waals surface area contributed by atoms with Crippen molar-refractivity contribution in [3.8, 4) is 5.75 Å². The predicted molar refractivity (Wildman–Crippen MR) is 87.2 cm³/mol. The van der Waals surface area contributed by atoms with Gasteiger partial charge in [-0.25, -0.2) is 0 Å². The van der Waals surface area contributed by atoms with E-state index in [1.54, 1.807) is 7.11 Å². The molecule has 0 heterocycles. The van der Waals surface area contributed by atoms with Crippen molar-refractivity contribution in [1.82, 2.24) is 5.32 Å². The fourth-order valence-corrected chi connectivity index (χ4v) is 3.34. The third-order valence-corrected chi connectivity index (χ3v) is 4.61. The normalized spacial score (nSPS) is 18.5. The molecule has 0 spiro atoms. The number of anilines is 1. The third kappa shape index (κ3) is 3.50. The van der Waals surface area contributed by atoms with Crippen LogP contribution in [0.1, 0.15) is 44.2 Å². The van der Waals surface area contributed by atoms with Gasteiger partial charge in [-0.15, -0.1) is 0 Å². The van der Waals surface area contributed by atoms with Crippen LogP contribution < -0.4 is 15.0 Å². The van der Waals surface area contributed by atoms with Crippen LogP contribution in [0.25, 0.3) is 0 Å². The number of likely N-dealkylation sites (N-methyl/N-ethyl adjacent to an activating group) is 1. The number of ether oxygens (including phenoxy) is 1. The first kappa shape index (κ1) is 16.1. The second-order valence-corrected chi connectivity index (χ2v) is 6.19. The van der Waals surface area contributed by atoms with Crippen molar-refractivity contribution in [1.29, 1.82) is 0 Å². The Balaban J connectivity index is 2.29. The van der Waals surface area contributed by atoms with Crippen LogP contribution in [0, 0.1) is 0 Å². The van der Waals surface area contributed by atoms with E-state index in [4.69, 9.17) is 4.74 Å². The molecule has 1 aliphatic rings. The Morgan fingerprint density at radius 2 is 2.05 bits per heavy atom. The first-order chi connectivity index (χ1) is 10.0. The summed E-state index contributed by atoms with van der Waals surface area (Å²) in [5.74, 6) is 0.889. The van der Waals surface area contributed by atoms with Crippen molar-refractivity contribution in [3.05, 3.63) is 23.8 Å². The highest BCUT2D eigenvalue weighted by atomic mass is 16.5. The van der Waals surface area contributed by atoms with Crippen LogP contribution in [0.5, 0.6) is 5.75 Å². The molecule has 1 aliphatic carbocycles. The van der Waals surface area contributed by atoms with Gasteiger partial charge in [-0.1, -0.05) is 18.9 Å². The van der Waals surface area contributed by atoms with Gasteiger partial charge in [0, 0.05) is 30.9 Å². The Morgan fingerprint density at radius 1 is 1.38 bits per heavy atom. The zero-order valence-electron chi connectivity index (χ0n) is 13.6. The topological polar surface area (TPSA) is 44.7 Å². The van der Waals surface area contributed by atoms with Gasteiger partial charge in [0.15, 0.2) is 0 Å². The Labute approximate surface area is 128 Å². The SMILES string of the molecule is CNC(C)c1c(OC)cccc1N(C)CC1(O)CCCC1. The fraction of sp³-hybridized carbons (Fsp3) is 0.647. The zero-order valence-corrected chi connectivity index (χ0v) is 13.6. The molecule has 0 radical (unpaired) electrons. The molecule has 1 saturated carbocycles. The van der Waals surface area contributed by atoms with Crippen molar-refractivity contribution in [2.75, 3.05) is 32.6 Å². The highest BCUT2D eigenvalue weighted by Crippen LogP contribution is 2.36. The van der Waals surface area contributed by atoms with Gasteiger partial charge in [-0.2, -0.15) is 0 Å². The molecule has 21 heavy (non-hydrogen) atoms. The summed E-state index contributed by atoms with van der Waals surface area (Å²) in [6, 6.07) is 6.29. The second-order valence-electron chi connectivity index (χ2n) is 6.19. The summed E-state index contributed by atoms with van der Waals surface area (Å²) < 4.78 is 5.53. The lowest BCUT2D eigenvalue weighted by molar-refractivity contribution is 0.0559. The van der Waals surface area contributed by atoms with Crippen LogP contribution in [-0.2, 0) is 0 Å². The van der Waals surface area contributed by atoms with E-state index >= 15 is 0 Å². The first-order valence-corrected chi connectivity index (χ1v) is 7.78. The Bertz CT molecular complexity index is 470. The average Bonchev–Trinajstić information content (AvgIpc) is 2.91. The van der Waals surface area contributed by atoms with Crippen LogP contribution in [0.2, 0.25) is 0 Å². The maximum Gasteiger partial charge on any atom is 0.125 e. The van der Waals surface area contributed by atoms with Crippen LogP contribution in [0.4, 0.5) is 5.69 Å². The lowest BCUT2D eigenvalue weighted by atomic mass is 9.99. The molecule has 4 nitrogen and oxygen atoms in total. The average molecular weight is 292 g/mol. The minimum absolute atomic E-state index is 0.192. The zero-order chi connectivity index (χ0) is 15.5. The van der Waals surface area contributed by atoms with Crippen LogP contribution in [-0.4, -0.2) is 38.5 Å². The molecule has 1 aromatic rings. The van der Waals surface area contributed by atoms with Crippen LogP contribution in [0.15, 0.2) is 18.2 Å². The standard InChI is InChI=1S/C17H28N2O2/c1-13(18-2)16-14(8-7-9-15(16)21-4)19(3)12-17(20)10-5-6-11-17/h7-9,13,18,20H,5-6,10-12H2,1-4H3. The summed E-state index contributed by atoms with van der Waals surface area (Å²) in [6.07, 6.45) is 4.06. The van der Waals surface area contributed by atoms with Gasteiger partial charge in [0.05, 0.1) is 12.7 Å². The van der Waals surface area contributed by atoms with Gasteiger partial charge in [0.1, 0.15) is 5.75 Å². The van der Waals surface area contributed by atoms with Crippen molar-refractivity contribution in [2.45, 2.75) is 44.2 Å². The molecule has 0 aromatic heterocycles. The van der Waals surface area contributed by atoms with E-state index in [1.165, 1.54) is 0 Å². The minimum Gasteiger partial charge on any atom is -0.496 e. The Morgan fingerprint density at radius 3 is 2.62 bits per heavy atom. The number of hydrogen-bond donors (Lipinski definition) is 2. The lowest BCUT2D eigenvalue weighted by Gasteiger charge is -2.32. The molecule has 1 unspecified atom stereocenters. The number of nitrogens with one attached hydrogen (secondary N) is 1. The fourth-order valence-electron chi connectivity index (χ4n) is 3.34. The molecule has 4 heteroatoms. The molecule has 1 aromatic carbocycles. The Hall–Kier alpha value is -1.26. The molecule has 1 fully saturated rings. The number of benzene rings is 1. The maximum atomic E-state index is 10.6. The van der Waals surface area contributed by atoms with Crippen LogP contribution >= 0.6 is 0 Å². The van der Waals surface area contributed by atoms with Crippen molar-refractivity contribution in [3.63, 3.8) is 0 Å². The van der Waals surface area contributed by atoms with E-state index in [9.17, 15) is 5.11 Å². The lowest BCUT2D eigenvalue weighted by Crippen LogP contribution is -2.39. The van der Waals surface area contributed by atoms with Crippen LogP contribution in [0.3, 0.4) is 0 Å². The first-order valence-electron chi connectivity index (χ1n) is 7.78. The van der Waals surface area contributed by atoms with Crippen molar-refractivity contribution in [2.24, 2.45) is 0 Å². The van der Waals surface area contributed by atoms with Gasteiger partial charge in [0.2, 0.25) is 0 Å². The van der Waals surface area contributed by atoms with Gasteiger partial charge in [-0.3, -0.25) is 0 Å². The van der Waals surface area contributed by atoms with E-state index in [0.717, 1.165) is 42.7 Å². The monoisotopic (exact) mass is 292 g/mol. The maximum absolute atomic E-state index is 10.6. The molecule has 0 aliphatic heterocycles. The molecule has 0 amide bonds. The van der Waals surface area contributed by atoms with Gasteiger partial charge < -0.3 is 20.1 Å². The smallest absolute Gasteiger partial charge is 0.125 e. The van der Waals surface area contributed by atoms with Gasteiger partial charge in [0.25, 0.3) is 0 Å². The molecular formula is C17H28N2O2. The molecule has 0 saturated heterocycles. The summed E-state index contributed by atoms with van der Waals surface area (Å²) in [6.45, 7) is 2.79. The summed E-state index contributed by atoms with van der Waals surface area (Å²) in [4.78, 5) is 2.16. The van der Waals surface area contributed by atoms with Crippen molar-refractivity contribution < 1.29 is 9.84 Å². The summed E-state index contributed by atoms with van der Waals surface area (Å²) in [5.41, 5.74) is 1.72. The Kier molecular flexibility index (Phi) is 5.12. The largest absolute Gasteiger partial charge is 0.496 e. The quantitative estimate of drug-likeness (QED) is 0.846. The van der Waals surface area contributed by atoms with E-state index in [1.807, 2.05) is 19.2 Å². The summed E-state index contributed by atoms with van der Waals surface area (Å²) in [7, 11) is 5.71. The molecule has 1 atom stereocenters. The number of hydrogen-bond acceptors (Lipinski definition) is 4. The minimum atomic E-state index is -0.544. The van der Waals surface area contributed by atoms with E-state index in [0.29, 0.717) is 6.54 Å². The molecule has 118 valence electrons. The molecule has 2 N–H and O–H groups in total.